The summed E-state index contributed by atoms with van der Waals surface area (Å²) in [6.45, 7) is 6.52. The van der Waals surface area contributed by atoms with Crippen LogP contribution in [0.5, 0.6) is 0 Å². The smallest absolute Gasteiger partial charge is 0.0516 e. The van der Waals surface area contributed by atoms with Gasteiger partial charge in [0.25, 0.3) is 0 Å². The Hall–Kier alpha value is -1.31. The second kappa shape index (κ2) is 2.87. The van der Waals surface area contributed by atoms with E-state index >= 15 is 0 Å². The summed E-state index contributed by atoms with van der Waals surface area (Å²) in [5, 5.41) is 1.26. The third kappa shape index (κ3) is 1.22. The molecule has 2 heteroatoms. The van der Waals surface area contributed by atoms with E-state index in [1.807, 2.05) is 12.4 Å². The number of aryl methyl sites for hydroxylation is 1. The quantitative estimate of drug-likeness (QED) is 0.650. The molecular weight excluding hydrogens is 160 g/mol. The molecule has 0 bridgehead atoms. The van der Waals surface area contributed by atoms with Gasteiger partial charge in [-0.05, 0) is 32.4 Å². The van der Waals surface area contributed by atoms with Crippen molar-refractivity contribution in [2.75, 3.05) is 0 Å². The van der Waals surface area contributed by atoms with Crippen molar-refractivity contribution in [3.63, 3.8) is 0 Å². The summed E-state index contributed by atoms with van der Waals surface area (Å²) < 4.78 is 2.28. The zero-order chi connectivity index (χ0) is 9.42. The van der Waals surface area contributed by atoms with E-state index in [1.54, 1.807) is 0 Å². The van der Waals surface area contributed by atoms with Gasteiger partial charge >= 0.3 is 0 Å². The highest BCUT2D eigenvalue weighted by atomic mass is 15.0. The summed E-state index contributed by atoms with van der Waals surface area (Å²) in [4.78, 5) is 4.13. The Morgan fingerprint density at radius 3 is 2.85 bits per heavy atom. The maximum absolute atomic E-state index is 4.13. The predicted octanol–water partition coefficient (Wildman–Crippen LogP) is 2.93. The molecule has 0 spiro atoms. The topological polar surface area (TPSA) is 17.8 Å². The molecule has 2 rings (SSSR count). The Morgan fingerprint density at radius 2 is 2.15 bits per heavy atom. The molecule has 2 aromatic heterocycles. The molecule has 2 aromatic rings. The van der Waals surface area contributed by atoms with Crippen LogP contribution >= 0.6 is 0 Å². The van der Waals surface area contributed by atoms with E-state index in [2.05, 4.69) is 42.6 Å². The molecule has 0 aliphatic carbocycles. The first-order chi connectivity index (χ1) is 6.20. The minimum absolute atomic E-state index is 0.513. The predicted molar refractivity (Wildman–Crippen MR) is 54.9 cm³/mol. The van der Waals surface area contributed by atoms with Crippen molar-refractivity contribution in [1.29, 1.82) is 0 Å². The van der Waals surface area contributed by atoms with Crippen LogP contribution in [-0.2, 0) is 0 Å². The molecule has 0 aliphatic heterocycles. The van der Waals surface area contributed by atoms with E-state index in [0.29, 0.717) is 6.04 Å². The lowest BCUT2D eigenvalue weighted by molar-refractivity contribution is 0.622. The molecule has 0 atom stereocenters. The largest absolute Gasteiger partial charge is 0.345 e. The van der Waals surface area contributed by atoms with Gasteiger partial charge in [-0.15, -0.1) is 0 Å². The van der Waals surface area contributed by atoms with Gasteiger partial charge in [-0.2, -0.15) is 0 Å². The highest BCUT2D eigenvalue weighted by molar-refractivity contribution is 5.82. The van der Waals surface area contributed by atoms with Crippen LogP contribution in [0.2, 0.25) is 0 Å². The molecule has 68 valence electrons. The number of nitrogens with zero attached hydrogens (tertiary/aromatic N) is 2. The number of rotatable bonds is 1. The van der Waals surface area contributed by atoms with Crippen molar-refractivity contribution in [3.8, 4) is 0 Å². The van der Waals surface area contributed by atoms with Gasteiger partial charge in [0.05, 0.1) is 5.52 Å². The van der Waals surface area contributed by atoms with Crippen molar-refractivity contribution in [2.24, 2.45) is 0 Å². The highest BCUT2D eigenvalue weighted by Crippen LogP contribution is 2.22. The third-order valence-electron chi connectivity index (χ3n) is 2.39. The highest BCUT2D eigenvalue weighted by Gasteiger charge is 2.06. The van der Waals surface area contributed by atoms with E-state index < -0.39 is 0 Å². The van der Waals surface area contributed by atoms with Gasteiger partial charge in [0.1, 0.15) is 0 Å². The molecule has 0 saturated carbocycles. The molecule has 13 heavy (non-hydrogen) atoms. The lowest BCUT2D eigenvalue weighted by Crippen LogP contribution is -1.97. The molecule has 0 unspecified atom stereocenters. The monoisotopic (exact) mass is 174 g/mol. The van der Waals surface area contributed by atoms with E-state index in [0.717, 1.165) is 0 Å². The van der Waals surface area contributed by atoms with Crippen molar-refractivity contribution < 1.29 is 0 Å². The first-order valence-corrected chi connectivity index (χ1v) is 4.61. The minimum Gasteiger partial charge on any atom is -0.345 e. The molecule has 0 aromatic carbocycles. The maximum atomic E-state index is 4.13. The lowest BCUT2D eigenvalue weighted by Gasteiger charge is -2.08. The SMILES string of the molecule is Cc1cn(C(C)C)c2ccncc12. The number of fused-ring (bicyclic) bond motifs is 1. The summed E-state index contributed by atoms with van der Waals surface area (Å²) in [5.41, 5.74) is 2.58. The Kier molecular flexibility index (Phi) is 1.83. The molecule has 2 nitrogen and oxygen atoms in total. The zero-order valence-corrected chi connectivity index (χ0v) is 8.28. The van der Waals surface area contributed by atoms with Gasteiger partial charge in [0.2, 0.25) is 0 Å². The van der Waals surface area contributed by atoms with E-state index in [4.69, 9.17) is 0 Å². The maximum Gasteiger partial charge on any atom is 0.0516 e. The number of hydrogen-bond acceptors (Lipinski definition) is 1. The number of aromatic nitrogens is 2. The van der Waals surface area contributed by atoms with Crippen LogP contribution in [-0.4, -0.2) is 9.55 Å². The van der Waals surface area contributed by atoms with Crippen LogP contribution in [0.4, 0.5) is 0 Å². The van der Waals surface area contributed by atoms with Crippen LogP contribution in [0.15, 0.2) is 24.7 Å². The first kappa shape index (κ1) is 8.30. The molecule has 0 saturated heterocycles. The second-order valence-electron chi connectivity index (χ2n) is 3.71. The van der Waals surface area contributed by atoms with Gasteiger partial charge in [-0.25, -0.2) is 0 Å². The molecule has 0 amide bonds. The van der Waals surface area contributed by atoms with Crippen LogP contribution in [0.1, 0.15) is 25.5 Å². The molecule has 2 heterocycles. The van der Waals surface area contributed by atoms with Crippen LogP contribution < -0.4 is 0 Å². The van der Waals surface area contributed by atoms with E-state index in [-0.39, 0.29) is 0 Å². The number of pyridine rings is 1. The van der Waals surface area contributed by atoms with Crippen molar-refractivity contribution >= 4 is 10.9 Å². The molecule has 0 aliphatic rings. The Balaban J connectivity index is 2.78. The average Bonchev–Trinajstić information content (AvgIpc) is 2.45. The lowest BCUT2D eigenvalue weighted by atomic mass is 10.2. The Labute approximate surface area is 78.2 Å². The van der Waals surface area contributed by atoms with E-state index in [9.17, 15) is 0 Å². The van der Waals surface area contributed by atoms with Crippen molar-refractivity contribution in [3.05, 3.63) is 30.2 Å². The van der Waals surface area contributed by atoms with Crippen LogP contribution in [0.3, 0.4) is 0 Å². The van der Waals surface area contributed by atoms with Crippen LogP contribution in [0.25, 0.3) is 10.9 Å². The van der Waals surface area contributed by atoms with Gasteiger partial charge in [0, 0.05) is 30.0 Å². The second-order valence-corrected chi connectivity index (χ2v) is 3.71. The van der Waals surface area contributed by atoms with E-state index in [1.165, 1.54) is 16.5 Å². The van der Waals surface area contributed by atoms with Crippen molar-refractivity contribution in [2.45, 2.75) is 26.8 Å². The summed E-state index contributed by atoms with van der Waals surface area (Å²) >= 11 is 0. The summed E-state index contributed by atoms with van der Waals surface area (Å²) in [7, 11) is 0. The summed E-state index contributed by atoms with van der Waals surface area (Å²) in [5.74, 6) is 0. The summed E-state index contributed by atoms with van der Waals surface area (Å²) in [6.07, 6.45) is 5.97. The third-order valence-corrected chi connectivity index (χ3v) is 2.39. The van der Waals surface area contributed by atoms with Gasteiger partial charge in [0.15, 0.2) is 0 Å². The van der Waals surface area contributed by atoms with Gasteiger partial charge < -0.3 is 4.57 Å². The Morgan fingerprint density at radius 1 is 1.38 bits per heavy atom. The standard InChI is InChI=1S/C11H14N2/c1-8(2)13-7-9(3)10-6-12-5-4-11(10)13/h4-8H,1-3H3. The summed E-state index contributed by atoms with van der Waals surface area (Å²) in [6, 6.07) is 2.58. The fraction of sp³-hybridized carbons (Fsp3) is 0.364. The number of hydrogen-bond donors (Lipinski definition) is 0. The molecule has 0 N–H and O–H groups in total. The minimum atomic E-state index is 0.513. The Bertz CT molecular complexity index is 427. The van der Waals surface area contributed by atoms with Gasteiger partial charge in [-0.3, -0.25) is 4.98 Å². The first-order valence-electron chi connectivity index (χ1n) is 4.61. The molecule has 0 radical (unpaired) electrons. The van der Waals surface area contributed by atoms with Crippen LogP contribution in [0, 0.1) is 6.92 Å². The molecule has 0 fully saturated rings. The zero-order valence-electron chi connectivity index (χ0n) is 8.28. The van der Waals surface area contributed by atoms with Gasteiger partial charge in [-0.1, -0.05) is 0 Å². The molecular formula is C11H14N2. The fourth-order valence-electron chi connectivity index (χ4n) is 1.69. The van der Waals surface area contributed by atoms with Crippen molar-refractivity contribution in [1.82, 2.24) is 9.55 Å². The normalized spacial score (nSPS) is 11.4. The fourth-order valence-corrected chi connectivity index (χ4v) is 1.69. The average molecular weight is 174 g/mol.